The highest BCUT2D eigenvalue weighted by Gasteiger charge is 2.26. The Hall–Kier alpha value is -2.31. The third-order valence-electron chi connectivity index (χ3n) is 4.73. The minimum Gasteiger partial charge on any atom is -0.355 e. The molecule has 0 radical (unpaired) electrons. The first-order chi connectivity index (χ1) is 13.6. The van der Waals surface area contributed by atoms with Crippen LogP contribution in [0.2, 0.25) is 5.02 Å². The molecule has 0 spiro atoms. The summed E-state index contributed by atoms with van der Waals surface area (Å²) < 4.78 is 2.01. The topological polar surface area (TPSA) is 59.8 Å². The molecule has 1 fully saturated rings. The van der Waals surface area contributed by atoms with E-state index in [-0.39, 0.29) is 11.2 Å². The average molecular weight is 413 g/mol. The van der Waals surface area contributed by atoms with Crippen molar-refractivity contribution in [1.82, 2.24) is 20.1 Å². The van der Waals surface area contributed by atoms with Crippen LogP contribution in [0.5, 0.6) is 0 Å². The smallest absolute Gasteiger partial charge is 0.233 e. The Morgan fingerprint density at radius 3 is 2.75 bits per heavy atom. The highest BCUT2D eigenvalue weighted by atomic mass is 35.5. The Balaban J connectivity index is 1.78. The second kappa shape index (κ2) is 8.37. The number of nitrogens with one attached hydrogen (secondary N) is 1. The van der Waals surface area contributed by atoms with E-state index in [0.717, 1.165) is 48.4 Å². The van der Waals surface area contributed by atoms with Gasteiger partial charge in [-0.3, -0.25) is 9.36 Å². The number of hydrogen-bond acceptors (Lipinski definition) is 4. The van der Waals surface area contributed by atoms with Gasteiger partial charge in [-0.25, -0.2) is 0 Å². The van der Waals surface area contributed by atoms with Crippen molar-refractivity contribution < 1.29 is 4.79 Å². The van der Waals surface area contributed by atoms with E-state index in [1.54, 1.807) is 0 Å². The van der Waals surface area contributed by atoms with E-state index in [4.69, 9.17) is 11.6 Å². The first kappa shape index (κ1) is 19.0. The lowest BCUT2D eigenvalue weighted by molar-refractivity contribution is -0.120. The minimum absolute atomic E-state index is 0.0743. The van der Waals surface area contributed by atoms with Gasteiger partial charge in [0.05, 0.1) is 5.25 Å². The molecule has 1 amide bonds. The summed E-state index contributed by atoms with van der Waals surface area (Å²) in [6.45, 7) is 2.80. The number of halogens is 1. The lowest BCUT2D eigenvalue weighted by Gasteiger charge is -2.15. The van der Waals surface area contributed by atoms with Gasteiger partial charge in [-0.1, -0.05) is 53.5 Å². The summed E-state index contributed by atoms with van der Waals surface area (Å²) in [5.74, 6) is 0.827. The van der Waals surface area contributed by atoms with Crippen molar-refractivity contribution in [3.8, 4) is 17.1 Å². The van der Waals surface area contributed by atoms with Crippen LogP contribution in [-0.4, -0.2) is 32.5 Å². The van der Waals surface area contributed by atoms with Crippen LogP contribution in [0.1, 0.15) is 24.8 Å². The van der Waals surface area contributed by atoms with Crippen molar-refractivity contribution in [2.45, 2.75) is 36.6 Å². The molecule has 4 rings (SSSR count). The molecule has 144 valence electrons. The fraction of sp³-hybridized carbons (Fsp3) is 0.286. The Bertz CT molecular complexity index is 986. The number of thioether (sulfide) groups is 1. The number of hydrogen-bond donors (Lipinski definition) is 1. The summed E-state index contributed by atoms with van der Waals surface area (Å²) in [5.41, 5.74) is 3.06. The fourth-order valence-electron chi connectivity index (χ4n) is 3.29. The number of aromatic nitrogens is 3. The minimum atomic E-state index is -0.164. The number of benzene rings is 2. The SMILES string of the molecule is Cc1cccc(-c2nnc(SC3CCCCNC3=O)n2-c2ccc(Cl)cc2)c1. The molecule has 2 heterocycles. The monoisotopic (exact) mass is 412 g/mol. The molecule has 5 nitrogen and oxygen atoms in total. The van der Waals surface area contributed by atoms with Gasteiger partial charge in [-0.15, -0.1) is 10.2 Å². The largest absolute Gasteiger partial charge is 0.355 e. The molecule has 1 aliphatic rings. The van der Waals surface area contributed by atoms with Gasteiger partial charge in [0.1, 0.15) is 0 Å². The van der Waals surface area contributed by atoms with Gasteiger partial charge in [-0.05, 0) is 50.1 Å². The second-order valence-corrected chi connectivity index (χ2v) is 8.49. The van der Waals surface area contributed by atoms with E-state index in [2.05, 4.69) is 34.6 Å². The Labute approximate surface area is 173 Å². The van der Waals surface area contributed by atoms with E-state index >= 15 is 0 Å². The number of nitrogens with zero attached hydrogens (tertiary/aromatic N) is 3. The summed E-state index contributed by atoms with van der Waals surface area (Å²) >= 11 is 7.56. The summed E-state index contributed by atoms with van der Waals surface area (Å²) in [6.07, 6.45) is 2.88. The highest BCUT2D eigenvalue weighted by Crippen LogP contribution is 2.33. The Morgan fingerprint density at radius 1 is 1.14 bits per heavy atom. The fourth-order valence-corrected chi connectivity index (χ4v) is 4.53. The van der Waals surface area contributed by atoms with Gasteiger partial charge in [-0.2, -0.15) is 0 Å². The number of carbonyl (C=O) groups excluding carboxylic acids is 1. The summed E-state index contributed by atoms with van der Waals surface area (Å²) in [7, 11) is 0. The molecule has 1 aliphatic heterocycles. The zero-order valence-electron chi connectivity index (χ0n) is 15.6. The average Bonchev–Trinajstić information content (AvgIpc) is 3.00. The molecule has 3 aromatic rings. The Kier molecular flexibility index (Phi) is 5.69. The summed E-state index contributed by atoms with van der Waals surface area (Å²) in [6, 6.07) is 15.8. The van der Waals surface area contributed by atoms with Crippen molar-refractivity contribution >= 4 is 29.3 Å². The zero-order chi connectivity index (χ0) is 19.5. The van der Waals surface area contributed by atoms with Gasteiger partial charge >= 0.3 is 0 Å². The van der Waals surface area contributed by atoms with Crippen LogP contribution < -0.4 is 5.32 Å². The molecule has 1 aromatic heterocycles. The highest BCUT2D eigenvalue weighted by molar-refractivity contribution is 8.00. The van der Waals surface area contributed by atoms with E-state index in [1.165, 1.54) is 11.8 Å². The summed E-state index contributed by atoms with van der Waals surface area (Å²) in [5, 5.41) is 13.1. The first-order valence-corrected chi connectivity index (χ1v) is 10.6. The standard InChI is InChI=1S/C21H21ClN4OS/c1-14-5-4-6-15(13-14)19-24-25-21(26(19)17-10-8-16(22)9-11-17)28-18-7-2-3-12-23-20(18)27/h4-6,8-11,13,18H,2-3,7,12H2,1H3,(H,23,27). The molecule has 0 bridgehead atoms. The van der Waals surface area contributed by atoms with E-state index < -0.39 is 0 Å². The molecule has 1 N–H and O–H groups in total. The quantitative estimate of drug-likeness (QED) is 0.677. The first-order valence-electron chi connectivity index (χ1n) is 9.34. The molecule has 2 aromatic carbocycles. The molecule has 1 unspecified atom stereocenters. The van der Waals surface area contributed by atoms with Gasteiger partial charge in [0.2, 0.25) is 5.91 Å². The zero-order valence-corrected chi connectivity index (χ0v) is 17.1. The maximum absolute atomic E-state index is 12.4. The molecular formula is C21H21ClN4OS. The van der Waals surface area contributed by atoms with Crippen molar-refractivity contribution in [2.24, 2.45) is 0 Å². The molecule has 28 heavy (non-hydrogen) atoms. The summed E-state index contributed by atoms with van der Waals surface area (Å²) in [4.78, 5) is 12.4. The predicted octanol–water partition coefficient (Wildman–Crippen LogP) is 4.66. The third kappa shape index (κ3) is 4.08. The van der Waals surface area contributed by atoms with Gasteiger partial charge in [0.15, 0.2) is 11.0 Å². The number of aryl methyl sites for hydroxylation is 1. The maximum atomic E-state index is 12.4. The van der Waals surface area contributed by atoms with Gasteiger partial charge in [0.25, 0.3) is 0 Å². The van der Waals surface area contributed by atoms with Crippen LogP contribution in [0.15, 0.2) is 53.7 Å². The predicted molar refractivity (Wildman–Crippen MR) is 113 cm³/mol. The van der Waals surface area contributed by atoms with E-state index in [9.17, 15) is 4.79 Å². The third-order valence-corrected chi connectivity index (χ3v) is 6.19. The number of amides is 1. The van der Waals surface area contributed by atoms with E-state index in [1.807, 2.05) is 41.0 Å². The lowest BCUT2D eigenvalue weighted by Crippen LogP contribution is -2.30. The van der Waals surface area contributed by atoms with Crippen molar-refractivity contribution in [1.29, 1.82) is 0 Å². The lowest BCUT2D eigenvalue weighted by atomic mass is 10.1. The van der Waals surface area contributed by atoms with Crippen LogP contribution in [0.4, 0.5) is 0 Å². The van der Waals surface area contributed by atoms with Crippen LogP contribution in [0, 0.1) is 6.92 Å². The normalized spacial score (nSPS) is 17.2. The molecule has 1 saturated heterocycles. The van der Waals surface area contributed by atoms with Crippen molar-refractivity contribution in [2.75, 3.05) is 6.54 Å². The van der Waals surface area contributed by atoms with Gasteiger partial charge in [0, 0.05) is 22.8 Å². The maximum Gasteiger partial charge on any atom is 0.233 e. The molecule has 0 saturated carbocycles. The number of rotatable bonds is 4. The Morgan fingerprint density at radius 2 is 1.96 bits per heavy atom. The number of carbonyl (C=O) groups is 1. The molecule has 0 aliphatic carbocycles. The van der Waals surface area contributed by atoms with Crippen molar-refractivity contribution in [3.63, 3.8) is 0 Å². The van der Waals surface area contributed by atoms with Crippen LogP contribution in [-0.2, 0) is 4.79 Å². The van der Waals surface area contributed by atoms with Gasteiger partial charge < -0.3 is 5.32 Å². The van der Waals surface area contributed by atoms with Crippen molar-refractivity contribution in [3.05, 3.63) is 59.1 Å². The van der Waals surface area contributed by atoms with Crippen LogP contribution in [0.25, 0.3) is 17.1 Å². The second-order valence-electron chi connectivity index (χ2n) is 6.88. The van der Waals surface area contributed by atoms with Crippen LogP contribution in [0.3, 0.4) is 0 Å². The van der Waals surface area contributed by atoms with Crippen LogP contribution >= 0.6 is 23.4 Å². The molecular weight excluding hydrogens is 392 g/mol. The van der Waals surface area contributed by atoms with E-state index in [0.29, 0.717) is 10.2 Å². The molecule has 7 heteroatoms. The molecule has 1 atom stereocenters.